The Kier molecular flexibility index (Phi) is 5.53. The zero-order chi connectivity index (χ0) is 18.7. The average Bonchev–Trinajstić information content (AvgIpc) is 2.98. The summed E-state index contributed by atoms with van der Waals surface area (Å²) >= 11 is 1.51. The highest BCUT2D eigenvalue weighted by Crippen LogP contribution is 2.37. The zero-order valence-corrected chi connectivity index (χ0v) is 16.0. The third kappa shape index (κ3) is 3.86. The molecule has 0 aliphatic heterocycles. The van der Waals surface area contributed by atoms with E-state index in [1.807, 2.05) is 32.0 Å². The van der Waals surface area contributed by atoms with E-state index >= 15 is 0 Å². The van der Waals surface area contributed by atoms with E-state index in [9.17, 15) is 14.9 Å². The predicted molar refractivity (Wildman–Crippen MR) is 104 cm³/mol. The molecule has 0 spiro atoms. The molecule has 0 fully saturated rings. The largest absolute Gasteiger partial charge is 0.317 e. The third-order valence-electron chi connectivity index (χ3n) is 4.94. The fourth-order valence-electron chi connectivity index (χ4n) is 3.25. The highest BCUT2D eigenvalue weighted by molar-refractivity contribution is 7.16. The number of hydrogen-bond donors (Lipinski definition) is 1. The maximum Gasteiger partial charge on any atom is 0.225 e. The molecule has 0 radical (unpaired) electrons. The van der Waals surface area contributed by atoms with E-state index in [0.29, 0.717) is 16.1 Å². The van der Waals surface area contributed by atoms with Crippen molar-refractivity contribution in [2.75, 3.05) is 5.32 Å². The van der Waals surface area contributed by atoms with Gasteiger partial charge in [0.15, 0.2) is 5.78 Å². The molecule has 1 aromatic heterocycles. The van der Waals surface area contributed by atoms with Gasteiger partial charge in [0.25, 0.3) is 0 Å². The Hall–Kier alpha value is -2.45. The number of ketones is 1. The summed E-state index contributed by atoms with van der Waals surface area (Å²) < 4.78 is 0. The molecule has 1 heterocycles. The minimum Gasteiger partial charge on any atom is -0.317 e. The van der Waals surface area contributed by atoms with Gasteiger partial charge in [-0.15, -0.1) is 11.3 Å². The minimum atomic E-state index is -0.211. The summed E-state index contributed by atoms with van der Waals surface area (Å²) in [7, 11) is 0. The van der Waals surface area contributed by atoms with Crippen LogP contribution in [0.2, 0.25) is 0 Å². The molecule has 2 aromatic rings. The van der Waals surface area contributed by atoms with E-state index in [0.717, 1.165) is 42.4 Å². The molecule has 1 aromatic carbocycles. The molecule has 1 amide bonds. The normalized spacial score (nSPS) is 13.0. The van der Waals surface area contributed by atoms with Gasteiger partial charge in [0.05, 0.1) is 5.56 Å². The summed E-state index contributed by atoms with van der Waals surface area (Å²) in [5, 5.41) is 12.9. The number of fused-ring (bicyclic) bond motifs is 1. The lowest BCUT2D eigenvalue weighted by Gasteiger charge is -2.09. The van der Waals surface area contributed by atoms with Gasteiger partial charge in [-0.05, 0) is 62.3 Å². The second-order valence-electron chi connectivity index (χ2n) is 6.80. The number of carbonyl (C=O) groups is 2. The topological polar surface area (TPSA) is 70.0 Å². The molecule has 0 bridgehead atoms. The summed E-state index contributed by atoms with van der Waals surface area (Å²) in [4.78, 5) is 25.8. The smallest absolute Gasteiger partial charge is 0.225 e. The molecule has 3 rings (SSSR count). The minimum absolute atomic E-state index is 0.0331. The van der Waals surface area contributed by atoms with Crippen molar-refractivity contribution < 1.29 is 9.59 Å². The van der Waals surface area contributed by atoms with E-state index < -0.39 is 0 Å². The average molecular weight is 366 g/mol. The van der Waals surface area contributed by atoms with Crippen molar-refractivity contribution in [3.8, 4) is 6.07 Å². The van der Waals surface area contributed by atoms with Gasteiger partial charge in [0.1, 0.15) is 11.1 Å². The van der Waals surface area contributed by atoms with Gasteiger partial charge >= 0.3 is 0 Å². The monoisotopic (exact) mass is 366 g/mol. The second kappa shape index (κ2) is 7.84. The summed E-state index contributed by atoms with van der Waals surface area (Å²) in [5.41, 5.74) is 4.57. The van der Waals surface area contributed by atoms with Crippen LogP contribution in [0.3, 0.4) is 0 Å². The lowest BCUT2D eigenvalue weighted by molar-refractivity contribution is -0.116. The Morgan fingerprint density at radius 1 is 1.15 bits per heavy atom. The van der Waals surface area contributed by atoms with Crippen LogP contribution in [0, 0.1) is 25.2 Å². The molecule has 1 N–H and O–H groups in total. The van der Waals surface area contributed by atoms with Crippen LogP contribution < -0.4 is 5.32 Å². The standard InChI is InChI=1S/C21H22N2O2S/c1-13-7-8-15(11-14(13)2)18(24)9-10-20(25)23-21-17(12-22)16-5-3-4-6-19(16)26-21/h7-8,11H,3-6,9-10H2,1-2H3,(H,23,25). The van der Waals surface area contributed by atoms with E-state index in [1.165, 1.54) is 16.2 Å². The van der Waals surface area contributed by atoms with Crippen LogP contribution in [0.1, 0.15) is 63.2 Å². The Morgan fingerprint density at radius 3 is 2.65 bits per heavy atom. The van der Waals surface area contributed by atoms with Crippen molar-refractivity contribution in [3.63, 3.8) is 0 Å². The van der Waals surface area contributed by atoms with Crippen LogP contribution in [-0.4, -0.2) is 11.7 Å². The SMILES string of the molecule is Cc1ccc(C(=O)CCC(=O)Nc2sc3c(c2C#N)CCCC3)cc1C. The van der Waals surface area contributed by atoms with Gasteiger partial charge in [-0.25, -0.2) is 0 Å². The van der Waals surface area contributed by atoms with Crippen molar-refractivity contribution in [2.45, 2.75) is 52.4 Å². The number of carbonyl (C=O) groups excluding carboxylic acids is 2. The number of amides is 1. The summed E-state index contributed by atoms with van der Waals surface area (Å²) in [6, 6.07) is 7.85. The fourth-order valence-corrected chi connectivity index (χ4v) is 4.50. The quantitative estimate of drug-likeness (QED) is 0.779. The Labute approximate surface area is 157 Å². The number of aryl methyl sites for hydroxylation is 3. The fraction of sp³-hybridized carbons (Fsp3) is 0.381. The third-order valence-corrected chi connectivity index (χ3v) is 6.15. The maximum atomic E-state index is 12.3. The highest BCUT2D eigenvalue weighted by Gasteiger charge is 2.22. The van der Waals surface area contributed by atoms with Crippen molar-refractivity contribution >= 4 is 28.0 Å². The van der Waals surface area contributed by atoms with Crippen LogP contribution in [-0.2, 0) is 17.6 Å². The first-order valence-electron chi connectivity index (χ1n) is 8.94. The molecule has 0 unspecified atom stereocenters. The number of anilines is 1. The van der Waals surface area contributed by atoms with Crippen LogP contribution in [0.25, 0.3) is 0 Å². The van der Waals surface area contributed by atoms with Crippen LogP contribution >= 0.6 is 11.3 Å². The first-order valence-corrected chi connectivity index (χ1v) is 9.76. The van der Waals surface area contributed by atoms with Crippen LogP contribution in [0.15, 0.2) is 18.2 Å². The van der Waals surface area contributed by atoms with Gasteiger partial charge < -0.3 is 5.32 Å². The number of rotatable bonds is 5. The van der Waals surface area contributed by atoms with E-state index in [-0.39, 0.29) is 24.5 Å². The Balaban J connectivity index is 1.63. The Bertz CT molecular complexity index is 905. The number of Topliss-reactive ketones (excluding diaryl/α,β-unsaturated/α-hetero) is 1. The van der Waals surface area contributed by atoms with E-state index in [1.54, 1.807) is 0 Å². The molecule has 4 nitrogen and oxygen atoms in total. The first-order chi connectivity index (χ1) is 12.5. The summed E-state index contributed by atoms with van der Waals surface area (Å²) in [5.74, 6) is -0.244. The van der Waals surface area contributed by atoms with Gasteiger partial charge in [0, 0.05) is 23.3 Å². The maximum absolute atomic E-state index is 12.3. The lowest BCUT2D eigenvalue weighted by Crippen LogP contribution is -2.13. The van der Waals surface area contributed by atoms with E-state index in [2.05, 4.69) is 11.4 Å². The van der Waals surface area contributed by atoms with E-state index in [4.69, 9.17) is 0 Å². The zero-order valence-electron chi connectivity index (χ0n) is 15.1. The number of nitriles is 1. The number of hydrogen-bond acceptors (Lipinski definition) is 4. The number of benzene rings is 1. The summed E-state index contributed by atoms with van der Waals surface area (Å²) in [6.07, 6.45) is 4.42. The molecule has 1 aliphatic carbocycles. The molecule has 0 saturated carbocycles. The molecular weight excluding hydrogens is 344 g/mol. The number of nitrogens with zero attached hydrogens (tertiary/aromatic N) is 1. The Morgan fingerprint density at radius 2 is 1.92 bits per heavy atom. The molecule has 0 atom stereocenters. The van der Waals surface area contributed by atoms with Gasteiger partial charge in [-0.2, -0.15) is 5.26 Å². The van der Waals surface area contributed by atoms with Gasteiger partial charge in [-0.1, -0.05) is 12.1 Å². The van der Waals surface area contributed by atoms with Crippen molar-refractivity contribution in [1.82, 2.24) is 0 Å². The van der Waals surface area contributed by atoms with Crippen molar-refractivity contribution in [1.29, 1.82) is 5.26 Å². The van der Waals surface area contributed by atoms with Crippen molar-refractivity contribution in [2.24, 2.45) is 0 Å². The van der Waals surface area contributed by atoms with Crippen molar-refractivity contribution in [3.05, 3.63) is 50.9 Å². The molecule has 134 valence electrons. The lowest BCUT2D eigenvalue weighted by atomic mass is 9.96. The molecule has 0 saturated heterocycles. The number of nitrogens with one attached hydrogen (secondary N) is 1. The first kappa shape index (κ1) is 18.3. The van der Waals surface area contributed by atoms with Gasteiger partial charge in [0.2, 0.25) is 5.91 Å². The molecular formula is C21H22N2O2S. The molecule has 26 heavy (non-hydrogen) atoms. The predicted octanol–water partition coefficient (Wildman–Crippen LogP) is 4.72. The van der Waals surface area contributed by atoms with Crippen LogP contribution in [0.4, 0.5) is 5.00 Å². The summed E-state index contributed by atoms with van der Waals surface area (Å²) in [6.45, 7) is 3.98. The number of thiophene rings is 1. The molecule has 1 aliphatic rings. The van der Waals surface area contributed by atoms with Gasteiger partial charge in [-0.3, -0.25) is 9.59 Å². The highest BCUT2D eigenvalue weighted by atomic mass is 32.1. The molecule has 5 heteroatoms. The second-order valence-corrected chi connectivity index (χ2v) is 7.90. The van der Waals surface area contributed by atoms with Crippen LogP contribution in [0.5, 0.6) is 0 Å².